The van der Waals surface area contributed by atoms with E-state index in [1.165, 1.54) is 38.9 Å². The number of hydrogen-bond donors (Lipinski definition) is 1. The fraction of sp³-hybridized carbons (Fsp3) is 0.625. The van der Waals surface area contributed by atoms with Gasteiger partial charge in [-0.1, -0.05) is 31.7 Å². The summed E-state index contributed by atoms with van der Waals surface area (Å²) in [6.45, 7) is 0. The number of rotatable bonds is 6. The Morgan fingerprint density at radius 1 is 1.37 bits per heavy atom. The SMILES string of the molecule is COc1ccc(CC(O)CCC2CCCC2)cc1F. The van der Waals surface area contributed by atoms with Crippen molar-refractivity contribution in [1.82, 2.24) is 0 Å². The van der Waals surface area contributed by atoms with Gasteiger partial charge in [-0.3, -0.25) is 0 Å². The van der Waals surface area contributed by atoms with E-state index in [1.807, 2.05) is 6.07 Å². The molecule has 2 nitrogen and oxygen atoms in total. The molecule has 0 radical (unpaired) electrons. The summed E-state index contributed by atoms with van der Waals surface area (Å²) in [5.74, 6) is 0.689. The minimum absolute atomic E-state index is 0.254. The van der Waals surface area contributed by atoms with Crippen LogP contribution in [0.2, 0.25) is 0 Å². The Bertz CT molecular complexity index is 400. The number of hydrogen-bond acceptors (Lipinski definition) is 2. The number of ether oxygens (including phenoxy) is 1. The maximum atomic E-state index is 13.5. The molecule has 1 unspecified atom stereocenters. The van der Waals surface area contributed by atoms with Gasteiger partial charge in [0.05, 0.1) is 13.2 Å². The normalized spacial score (nSPS) is 17.6. The Balaban J connectivity index is 1.80. The van der Waals surface area contributed by atoms with Gasteiger partial charge in [0, 0.05) is 0 Å². The fourth-order valence-corrected chi connectivity index (χ4v) is 2.94. The minimum Gasteiger partial charge on any atom is -0.494 e. The molecule has 1 aliphatic rings. The first kappa shape index (κ1) is 14.3. The number of methoxy groups -OCH3 is 1. The Morgan fingerprint density at radius 3 is 2.74 bits per heavy atom. The van der Waals surface area contributed by atoms with Crippen LogP contribution >= 0.6 is 0 Å². The van der Waals surface area contributed by atoms with E-state index in [0.717, 1.165) is 24.3 Å². The Hall–Kier alpha value is -1.09. The predicted octanol–water partition coefficient (Wildman–Crippen LogP) is 3.71. The van der Waals surface area contributed by atoms with Crippen molar-refractivity contribution in [3.05, 3.63) is 29.6 Å². The summed E-state index contributed by atoms with van der Waals surface area (Å²) in [5.41, 5.74) is 0.831. The lowest BCUT2D eigenvalue weighted by molar-refractivity contribution is 0.154. The maximum Gasteiger partial charge on any atom is 0.165 e. The van der Waals surface area contributed by atoms with Gasteiger partial charge in [0.1, 0.15) is 0 Å². The van der Waals surface area contributed by atoms with Crippen molar-refractivity contribution >= 4 is 0 Å². The molecule has 0 spiro atoms. The molecule has 0 amide bonds. The zero-order chi connectivity index (χ0) is 13.7. The van der Waals surface area contributed by atoms with E-state index < -0.39 is 0 Å². The molecular formula is C16H23FO2. The third kappa shape index (κ3) is 4.20. The van der Waals surface area contributed by atoms with Crippen LogP contribution in [0.1, 0.15) is 44.1 Å². The summed E-state index contributed by atoms with van der Waals surface area (Å²) in [7, 11) is 1.45. The van der Waals surface area contributed by atoms with Gasteiger partial charge in [-0.05, 0) is 42.9 Å². The second-order valence-corrected chi connectivity index (χ2v) is 5.55. The monoisotopic (exact) mass is 266 g/mol. The summed E-state index contributed by atoms with van der Waals surface area (Å²) in [6, 6.07) is 4.90. The Kier molecular flexibility index (Phi) is 5.20. The lowest BCUT2D eigenvalue weighted by Crippen LogP contribution is -2.12. The maximum absolute atomic E-state index is 13.5. The highest BCUT2D eigenvalue weighted by molar-refractivity contribution is 5.29. The molecule has 0 aliphatic heterocycles. The van der Waals surface area contributed by atoms with Crippen molar-refractivity contribution < 1.29 is 14.2 Å². The van der Waals surface area contributed by atoms with Crippen LogP contribution in [-0.2, 0) is 6.42 Å². The lowest BCUT2D eigenvalue weighted by Gasteiger charge is -2.14. The molecule has 1 aromatic rings. The van der Waals surface area contributed by atoms with Crippen LogP contribution in [-0.4, -0.2) is 18.3 Å². The van der Waals surface area contributed by atoms with Crippen molar-refractivity contribution in [3.63, 3.8) is 0 Å². The average Bonchev–Trinajstić information content (AvgIpc) is 2.90. The molecule has 1 aromatic carbocycles. The molecular weight excluding hydrogens is 243 g/mol. The second-order valence-electron chi connectivity index (χ2n) is 5.55. The van der Waals surface area contributed by atoms with E-state index >= 15 is 0 Å². The topological polar surface area (TPSA) is 29.5 Å². The average molecular weight is 266 g/mol. The molecule has 106 valence electrons. The third-order valence-corrected chi connectivity index (χ3v) is 4.07. The number of aliphatic hydroxyl groups excluding tert-OH is 1. The smallest absolute Gasteiger partial charge is 0.165 e. The van der Waals surface area contributed by atoms with Gasteiger partial charge in [-0.15, -0.1) is 0 Å². The highest BCUT2D eigenvalue weighted by atomic mass is 19.1. The standard InChI is InChI=1S/C16H23FO2/c1-19-16-9-7-13(11-15(16)17)10-14(18)8-6-12-4-2-3-5-12/h7,9,11-12,14,18H,2-6,8,10H2,1H3. The van der Waals surface area contributed by atoms with Gasteiger partial charge in [-0.2, -0.15) is 0 Å². The second kappa shape index (κ2) is 6.90. The lowest BCUT2D eigenvalue weighted by atomic mass is 9.96. The third-order valence-electron chi connectivity index (χ3n) is 4.07. The summed E-state index contributed by atoms with van der Waals surface area (Å²) in [6.07, 6.45) is 7.36. The van der Waals surface area contributed by atoms with Crippen LogP contribution in [0.25, 0.3) is 0 Å². The van der Waals surface area contributed by atoms with Crippen LogP contribution in [0.5, 0.6) is 5.75 Å². The fourth-order valence-electron chi connectivity index (χ4n) is 2.94. The van der Waals surface area contributed by atoms with Gasteiger partial charge in [0.2, 0.25) is 0 Å². The largest absolute Gasteiger partial charge is 0.494 e. The first-order valence-corrected chi connectivity index (χ1v) is 7.19. The molecule has 2 rings (SSSR count). The molecule has 3 heteroatoms. The summed E-state index contributed by atoms with van der Waals surface area (Å²) < 4.78 is 18.4. The first-order valence-electron chi connectivity index (χ1n) is 7.19. The van der Waals surface area contributed by atoms with E-state index in [1.54, 1.807) is 6.07 Å². The van der Waals surface area contributed by atoms with Crippen molar-refractivity contribution in [2.75, 3.05) is 7.11 Å². The number of benzene rings is 1. The molecule has 19 heavy (non-hydrogen) atoms. The van der Waals surface area contributed by atoms with Gasteiger partial charge < -0.3 is 9.84 Å². The Labute approximate surface area is 114 Å². The van der Waals surface area contributed by atoms with Crippen LogP contribution in [0.3, 0.4) is 0 Å². The first-order chi connectivity index (χ1) is 9.19. The summed E-state index contributed by atoms with van der Waals surface area (Å²) in [4.78, 5) is 0. The minimum atomic E-state index is -0.367. The number of aliphatic hydroxyl groups is 1. The predicted molar refractivity (Wildman–Crippen MR) is 73.9 cm³/mol. The molecule has 1 saturated carbocycles. The molecule has 1 aliphatic carbocycles. The van der Waals surface area contributed by atoms with Crippen LogP contribution < -0.4 is 4.74 Å². The van der Waals surface area contributed by atoms with Crippen LogP contribution in [0.15, 0.2) is 18.2 Å². The van der Waals surface area contributed by atoms with E-state index in [2.05, 4.69) is 0 Å². The van der Waals surface area contributed by atoms with Crippen LogP contribution in [0, 0.1) is 11.7 Å². The highest BCUT2D eigenvalue weighted by Crippen LogP contribution is 2.29. The zero-order valence-electron chi connectivity index (χ0n) is 11.6. The summed E-state index contributed by atoms with van der Waals surface area (Å²) in [5, 5.41) is 10.0. The van der Waals surface area contributed by atoms with E-state index in [-0.39, 0.29) is 17.7 Å². The molecule has 0 bridgehead atoms. The molecule has 1 atom stereocenters. The quantitative estimate of drug-likeness (QED) is 0.850. The molecule has 0 heterocycles. The van der Waals surface area contributed by atoms with Crippen molar-refractivity contribution in [2.24, 2.45) is 5.92 Å². The van der Waals surface area contributed by atoms with Crippen molar-refractivity contribution in [1.29, 1.82) is 0 Å². The zero-order valence-corrected chi connectivity index (χ0v) is 11.6. The van der Waals surface area contributed by atoms with E-state index in [4.69, 9.17) is 4.74 Å². The van der Waals surface area contributed by atoms with Crippen LogP contribution in [0.4, 0.5) is 4.39 Å². The summed E-state index contributed by atoms with van der Waals surface area (Å²) >= 11 is 0. The van der Waals surface area contributed by atoms with E-state index in [9.17, 15) is 9.50 Å². The van der Waals surface area contributed by atoms with Crippen molar-refractivity contribution in [3.8, 4) is 5.75 Å². The van der Waals surface area contributed by atoms with E-state index in [0.29, 0.717) is 6.42 Å². The van der Waals surface area contributed by atoms with Gasteiger partial charge in [-0.25, -0.2) is 4.39 Å². The van der Waals surface area contributed by atoms with Crippen molar-refractivity contribution in [2.45, 2.75) is 51.0 Å². The molecule has 0 aromatic heterocycles. The van der Waals surface area contributed by atoms with Gasteiger partial charge in [0.25, 0.3) is 0 Å². The van der Waals surface area contributed by atoms with Gasteiger partial charge in [0.15, 0.2) is 11.6 Å². The highest BCUT2D eigenvalue weighted by Gasteiger charge is 2.17. The Morgan fingerprint density at radius 2 is 2.11 bits per heavy atom. The number of halogens is 1. The molecule has 1 fully saturated rings. The molecule has 1 N–H and O–H groups in total. The van der Waals surface area contributed by atoms with Gasteiger partial charge >= 0.3 is 0 Å². The molecule has 0 saturated heterocycles.